The molecule has 0 aliphatic heterocycles. The lowest BCUT2D eigenvalue weighted by molar-refractivity contribution is -0.142. The molecule has 0 aliphatic rings. The average Bonchev–Trinajstić information content (AvgIpc) is 3.39. The van der Waals surface area contributed by atoms with Crippen LogP contribution in [0.15, 0.2) is 59.3 Å². The number of nitrogens with one attached hydrogen (secondary N) is 1. The Hall–Kier alpha value is -2.77. The molecule has 1 amide bonds. The van der Waals surface area contributed by atoms with E-state index in [4.69, 9.17) is 4.74 Å². The van der Waals surface area contributed by atoms with Gasteiger partial charge in [0.05, 0.1) is 5.57 Å². The third-order valence-electron chi connectivity index (χ3n) is 3.82. The number of esters is 1. The fourth-order valence-corrected chi connectivity index (χ4v) is 3.82. The van der Waals surface area contributed by atoms with E-state index >= 15 is 0 Å². The zero-order chi connectivity index (χ0) is 19.8. The maximum absolute atomic E-state index is 12.9. The van der Waals surface area contributed by atoms with Crippen LogP contribution in [0.4, 0.5) is 4.39 Å². The van der Waals surface area contributed by atoms with Crippen molar-refractivity contribution < 1.29 is 18.7 Å². The number of halogens is 1. The first-order valence-corrected chi connectivity index (χ1v) is 10.3. The summed E-state index contributed by atoms with van der Waals surface area (Å²) in [6.07, 6.45) is 2.34. The Morgan fingerprint density at radius 1 is 1.04 bits per heavy atom. The summed E-state index contributed by atoms with van der Waals surface area (Å²) in [5.74, 6) is -1.21. The smallest absolute Gasteiger partial charge is 0.340 e. The van der Waals surface area contributed by atoms with Gasteiger partial charge in [-0.2, -0.15) is 0 Å². The summed E-state index contributed by atoms with van der Waals surface area (Å²) in [5.41, 5.74) is 1.34. The molecule has 0 spiro atoms. The molecule has 0 unspecified atom stereocenters. The summed E-state index contributed by atoms with van der Waals surface area (Å²) in [4.78, 5) is 26.2. The number of ether oxygens (including phenoxy) is 1. The van der Waals surface area contributed by atoms with E-state index in [1.165, 1.54) is 34.8 Å². The maximum atomic E-state index is 12.9. The van der Waals surface area contributed by atoms with Crippen LogP contribution in [0.5, 0.6) is 0 Å². The molecule has 1 N–H and O–H groups in total. The van der Waals surface area contributed by atoms with Gasteiger partial charge in [0.15, 0.2) is 6.61 Å². The molecule has 0 radical (unpaired) electrons. The van der Waals surface area contributed by atoms with Crippen LogP contribution in [0.2, 0.25) is 0 Å². The minimum atomic E-state index is -0.537. The van der Waals surface area contributed by atoms with Gasteiger partial charge in [0.2, 0.25) is 0 Å². The topological polar surface area (TPSA) is 55.4 Å². The molecular weight excluding hydrogens is 397 g/mol. The van der Waals surface area contributed by atoms with Gasteiger partial charge < -0.3 is 10.1 Å². The standard InChI is InChI=1S/C21H18FNO3S2/c22-16-7-5-15(6-8-16)9-10-23-20(24)14-26-21(25)18(19-4-2-12-28-19)13-17-3-1-11-27-17/h1-8,11-13H,9-10,14H2,(H,23,24)/b18-13-. The quantitative estimate of drug-likeness (QED) is 0.438. The molecule has 7 heteroatoms. The highest BCUT2D eigenvalue weighted by atomic mass is 32.1. The van der Waals surface area contributed by atoms with Crippen molar-refractivity contribution in [1.82, 2.24) is 5.32 Å². The Morgan fingerprint density at radius 3 is 2.46 bits per heavy atom. The van der Waals surface area contributed by atoms with E-state index in [-0.39, 0.29) is 18.3 Å². The lowest BCUT2D eigenvalue weighted by atomic mass is 10.1. The van der Waals surface area contributed by atoms with Crippen LogP contribution in [-0.4, -0.2) is 25.0 Å². The normalized spacial score (nSPS) is 11.2. The summed E-state index contributed by atoms with van der Waals surface area (Å²) in [5, 5.41) is 6.51. The lowest BCUT2D eigenvalue weighted by Crippen LogP contribution is -2.30. The summed E-state index contributed by atoms with van der Waals surface area (Å²) in [6.45, 7) is 0.0280. The van der Waals surface area contributed by atoms with Crippen molar-refractivity contribution in [3.05, 3.63) is 80.4 Å². The number of carbonyl (C=O) groups is 2. The SMILES string of the molecule is O=C(COC(=O)/C(=C\c1cccs1)c1cccs1)NCCc1ccc(F)cc1. The molecule has 1 aromatic carbocycles. The van der Waals surface area contributed by atoms with E-state index in [9.17, 15) is 14.0 Å². The number of hydrogen-bond acceptors (Lipinski definition) is 5. The molecule has 4 nitrogen and oxygen atoms in total. The van der Waals surface area contributed by atoms with Crippen molar-refractivity contribution in [3.8, 4) is 0 Å². The Morgan fingerprint density at radius 2 is 1.79 bits per heavy atom. The fraction of sp³-hybridized carbons (Fsp3) is 0.143. The van der Waals surface area contributed by atoms with E-state index < -0.39 is 5.97 Å². The summed E-state index contributed by atoms with van der Waals surface area (Å²) >= 11 is 2.95. The van der Waals surface area contributed by atoms with E-state index in [0.29, 0.717) is 18.5 Å². The molecule has 0 aliphatic carbocycles. The second-order valence-corrected chi connectivity index (χ2v) is 7.78. The predicted molar refractivity (Wildman–Crippen MR) is 111 cm³/mol. The Balaban J connectivity index is 1.51. The van der Waals surface area contributed by atoms with Crippen molar-refractivity contribution in [3.63, 3.8) is 0 Å². The number of hydrogen-bond donors (Lipinski definition) is 1. The highest BCUT2D eigenvalue weighted by Crippen LogP contribution is 2.25. The van der Waals surface area contributed by atoms with Gasteiger partial charge in [-0.3, -0.25) is 4.79 Å². The van der Waals surface area contributed by atoms with Crippen LogP contribution in [0, 0.1) is 5.82 Å². The molecular formula is C21H18FNO3S2. The van der Waals surface area contributed by atoms with Crippen LogP contribution in [0.25, 0.3) is 11.6 Å². The molecule has 3 rings (SSSR count). The van der Waals surface area contributed by atoms with Gasteiger partial charge in [0.25, 0.3) is 5.91 Å². The van der Waals surface area contributed by atoms with Crippen LogP contribution in [0.1, 0.15) is 15.3 Å². The fourth-order valence-electron chi connectivity index (χ4n) is 2.44. The zero-order valence-electron chi connectivity index (χ0n) is 14.9. The number of thiophene rings is 2. The minimum absolute atomic E-state index is 0.295. The molecule has 0 saturated carbocycles. The van der Waals surface area contributed by atoms with E-state index in [0.717, 1.165) is 15.3 Å². The molecule has 0 bridgehead atoms. The first-order chi connectivity index (χ1) is 13.6. The minimum Gasteiger partial charge on any atom is -0.452 e. The molecule has 0 saturated heterocycles. The molecule has 3 aromatic rings. The first kappa shape index (κ1) is 20.0. The summed E-state index contributed by atoms with van der Waals surface area (Å²) in [6, 6.07) is 13.6. The predicted octanol–water partition coefficient (Wildman–Crippen LogP) is 4.39. The Labute approximate surface area is 170 Å². The highest BCUT2D eigenvalue weighted by Gasteiger charge is 2.16. The van der Waals surface area contributed by atoms with Crippen molar-refractivity contribution >= 4 is 46.2 Å². The molecule has 2 heterocycles. The van der Waals surface area contributed by atoms with Crippen LogP contribution >= 0.6 is 22.7 Å². The maximum Gasteiger partial charge on any atom is 0.340 e. The van der Waals surface area contributed by atoms with E-state index in [1.807, 2.05) is 35.0 Å². The largest absolute Gasteiger partial charge is 0.452 e. The lowest BCUT2D eigenvalue weighted by Gasteiger charge is -2.08. The van der Waals surface area contributed by atoms with Gasteiger partial charge in [-0.25, -0.2) is 9.18 Å². The van der Waals surface area contributed by atoms with Crippen molar-refractivity contribution in [2.75, 3.05) is 13.2 Å². The third kappa shape index (κ3) is 5.87. The second kappa shape index (κ2) is 9.96. The van der Waals surface area contributed by atoms with E-state index in [2.05, 4.69) is 5.32 Å². The Bertz CT molecular complexity index is 933. The van der Waals surface area contributed by atoms with Crippen molar-refractivity contribution in [2.45, 2.75) is 6.42 Å². The van der Waals surface area contributed by atoms with Gasteiger partial charge in [-0.15, -0.1) is 22.7 Å². The molecule has 0 atom stereocenters. The Kier molecular flexibility index (Phi) is 7.11. The van der Waals surface area contributed by atoms with Gasteiger partial charge in [-0.05, 0) is 53.1 Å². The zero-order valence-corrected chi connectivity index (χ0v) is 16.5. The van der Waals surface area contributed by atoms with E-state index in [1.54, 1.807) is 18.2 Å². The first-order valence-electron chi connectivity index (χ1n) is 8.59. The van der Waals surface area contributed by atoms with Crippen molar-refractivity contribution in [2.24, 2.45) is 0 Å². The molecule has 144 valence electrons. The van der Waals surface area contributed by atoms with Gasteiger partial charge in [0.1, 0.15) is 5.82 Å². The van der Waals surface area contributed by atoms with Crippen LogP contribution in [0.3, 0.4) is 0 Å². The monoisotopic (exact) mass is 415 g/mol. The van der Waals surface area contributed by atoms with Crippen molar-refractivity contribution in [1.29, 1.82) is 0 Å². The average molecular weight is 416 g/mol. The summed E-state index contributed by atoms with van der Waals surface area (Å²) < 4.78 is 18.1. The molecule has 0 fully saturated rings. The summed E-state index contributed by atoms with van der Waals surface area (Å²) in [7, 11) is 0. The number of amides is 1. The molecule has 2 aromatic heterocycles. The molecule has 28 heavy (non-hydrogen) atoms. The number of benzene rings is 1. The van der Waals surface area contributed by atoms with Gasteiger partial charge in [0, 0.05) is 16.3 Å². The van der Waals surface area contributed by atoms with Gasteiger partial charge in [-0.1, -0.05) is 24.3 Å². The van der Waals surface area contributed by atoms with Gasteiger partial charge >= 0.3 is 5.97 Å². The van der Waals surface area contributed by atoms with Crippen LogP contribution in [-0.2, 0) is 20.7 Å². The highest BCUT2D eigenvalue weighted by molar-refractivity contribution is 7.12. The third-order valence-corrected chi connectivity index (χ3v) is 5.54. The number of rotatable bonds is 8. The van der Waals surface area contributed by atoms with Crippen LogP contribution < -0.4 is 5.32 Å². The second-order valence-electron chi connectivity index (χ2n) is 5.85. The number of carbonyl (C=O) groups excluding carboxylic acids is 2.